The molecule has 0 aliphatic carbocycles. The average molecular weight is 325 g/mol. The third kappa shape index (κ3) is 1.91. The Morgan fingerprint density at radius 2 is 1.65 bits per heavy atom. The van der Waals surface area contributed by atoms with Crippen molar-refractivity contribution in [2.24, 2.45) is 7.05 Å². The molecule has 0 unspecified atom stereocenters. The van der Waals surface area contributed by atoms with Crippen LogP contribution in [0.3, 0.4) is 0 Å². The van der Waals surface area contributed by atoms with Crippen molar-refractivity contribution < 1.29 is 8.42 Å². The molecule has 0 amide bonds. The molecule has 116 valence electrons. The first-order chi connectivity index (χ1) is 11.0. The van der Waals surface area contributed by atoms with Crippen molar-refractivity contribution in [2.75, 3.05) is 0 Å². The maximum Gasteiger partial charge on any atom is 0.268 e. The molecule has 0 saturated heterocycles. The average Bonchev–Trinajstić information content (AvgIpc) is 3.06. The van der Waals surface area contributed by atoms with Crippen LogP contribution in [0.2, 0.25) is 0 Å². The maximum absolute atomic E-state index is 13.2. The standard InChI is InChI=1S/C17H15N3O2S/c1-12-7-9-13(10-8-12)23(21,22)20-15-6-4-3-5-14(15)17-16(20)11-18-19(17)2/h3-11H,1-2H3. The number of aromatic nitrogens is 3. The zero-order valence-corrected chi connectivity index (χ0v) is 13.6. The van der Waals surface area contributed by atoms with Crippen molar-refractivity contribution in [1.29, 1.82) is 0 Å². The van der Waals surface area contributed by atoms with Crippen LogP contribution in [-0.4, -0.2) is 22.2 Å². The Balaban J connectivity index is 2.13. The third-order valence-corrected chi connectivity index (χ3v) is 5.82. The van der Waals surface area contributed by atoms with E-state index in [0.717, 1.165) is 16.5 Å². The van der Waals surface area contributed by atoms with E-state index < -0.39 is 10.0 Å². The molecule has 0 atom stereocenters. The molecule has 23 heavy (non-hydrogen) atoms. The smallest absolute Gasteiger partial charge is 0.266 e. The van der Waals surface area contributed by atoms with Crippen LogP contribution >= 0.6 is 0 Å². The lowest BCUT2D eigenvalue weighted by Gasteiger charge is -2.08. The fraction of sp³-hybridized carbons (Fsp3) is 0.118. The van der Waals surface area contributed by atoms with Crippen molar-refractivity contribution >= 4 is 32.0 Å². The van der Waals surface area contributed by atoms with Crippen molar-refractivity contribution in [3.8, 4) is 0 Å². The summed E-state index contributed by atoms with van der Waals surface area (Å²) >= 11 is 0. The van der Waals surface area contributed by atoms with Crippen LogP contribution in [0.5, 0.6) is 0 Å². The second-order valence-corrected chi connectivity index (χ2v) is 7.39. The first kappa shape index (κ1) is 14.0. The Morgan fingerprint density at radius 3 is 2.39 bits per heavy atom. The zero-order valence-electron chi connectivity index (χ0n) is 12.8. The molecule has 2 aromatic heterocycles. The molecule has 0 N–H and O–H groups in total. The summed E-state index contributed by atoms with van der Waals surface area (Å²) in [5, 5.41) is 5.09. The Kier molecular flexibility index (Phi) is 2.86. The first-order valence-corrected chi connectivity index (χ1v) is 8.67. The van der Waals surface area contributed by atoms with E-state index in [9.17, 15) is 8.42 Å². The second-order valence-electron chi connectivity index (χ2n) is 5.60. The highest BCUT2D eigenvalue weighted by atomic mass is 32.2. The number of hydrogen-bond acceptors (Lipinski definition) is 3. The van der Waals surface area contributed by atoms with Gasteiger partial charge in [0.05, 0.1) is 22.1 Å². The number of nitrogens with zero attached hydrogens (tertiary/aromatic N) is 3. The van der Waals surface area contributed by atoms with E-state index in [2.05, 4.69) is 5.10 Å². The van der Waals surface area contributed by atoms with E-state index in [0.29, 0.717) is 11.0 Å². The highest BCUT2D eigenvalue weighted by Gasteiger charge is 2.24. The Labute approximate surface area is 133 Å². The molecule has 0 radical (unpaired) electrons. The van der Waals surface area contributed by atoms with E-state index in [1.54, 1.807) is 35.1 Å². The predicted octanol–water partition coefficient (Wildman–Crippen LogP) is 3.07. The van der Waals surface area contributed by atoms with Gasteiger partial charge in [-0.1, -0.05) is 35.9 Å². The lowest BCUT2D eigenvalue weighted by Crippen LogP contribution is -2.12. The number of fused-ring (bicyclic) bond motifs is 3. The molecular formula is C17H15N3O2S. The summed E-state index contributed by atoms with van der Waals surface area (Å²) < 4.78 is 29.4. The van der Waals surface area contributed by atoms with E-state index in [1.807, 2.05) is 38.2 Å². The summed E-state index contributed by atoms with van der Waals surface area (Å²) in [6.07, 6.45) is 1.60. The van der Waals surface area contributed by atoms with Crippen molar-refractivity contribution in [2.45, 2.75) is 11.8 Å². The van der Waals surface area contributed by atoms with Gasteiger partial charge in [-0.25, -0.2) is 12.4 Å². The largest absolute Gasteiger partial charge is 0.268 e. The van der Waals surface area contributed by atoms with Gasteiger partial charge >= 0.3 is 0 Å². The molecule has 5 nitrogen and oxygen atoms in total. The molecule has 0 saturated carbocycles. The summed E-state index contributed by atoms with van der Waals surface area (Å²) in [5.74, 6) is 0. The minimum Gasteiger partial charge on any atom is -0.266 e. The molecule has 6 heteroatoms. The van der Waals surface area contributed by atoms with Gasteiger partial charge in [0.1, 0.15) is 5.52 Å². The molecule has 4 rings (SSSR count). The highest BCUT2D eigenvalue weighted by Crippen LogP contribution is 2.31. The maximum atomic E-state index is 13.2. The monoisotopic (exact) mass is 325 g/mol. The van der Waals surface area contributed by atoms with E-state index >= 15 is 0 Å². The summed E-state index contributed by atoms with van der Waals surface area (Å²) in [6, 6.07) is 14.4. The van der Waals surface area contributed by atoms with Crippen molar-refractivity contribution in [3.05, 3.63) is 60.3 Å². The van der Waals surface area contributed by atoms with Gasteiger partial charge in [0.2, 0.25) is 0 Å². The second kappa shape index (κ2) is 4.70. The lowest BCUT2D eigenvalue weighted by molar-refractivity contribution is 0.590. The first-order valence-electron chi connectivity index (χ1n) is 7.23. The van der Waals surface area contributed by atoms with Gasteiger partial charge in [-0.05, 0) is 25.1 Å². The van der Waals surface area contributed by atoms with Gasteiger partial charge in [-0.2, -0.15) is 5.10 Å². The predicted molar refractivity (Wildman–Crippen MR) is 90.0 cm³/mol. The van der Waals surface area contributed by atoms with Crippen molar-refractivity contribution in [1.82, 2.24) is 13.8 Å². The fourth-order valence-electron chi connectivity index (χ4n) is 2.94. The minimum absolute atomic E-state index is 0.273. The fourth-order valence-corrected chi connectivity index (χ4v) is 4.44. The molecule has 0 fully saturated rings. The minimum atomic E-state index is -3.69. The molecular weight excluding hydrogens is 310 g/mol. The van der Waals surface area contributed by atoms with Crippen LogP contribution < -0.4 is 0 Å². The summed E-state index contributed by atoms with van der Waals surface area (Å²) in [6.45, 7) is 1.93. The Bertz CT molecular complexity index is 1140. The normalized spacial score (nSPS) is 12.3. The van der Waals surface area contributed by atoms with Crippen LogP contribution in [0.1, 0.15) is 5.56 Å². The van der Waals surface area contributed by atoms with Crippen LogP contribution in [0.4, 0.5) is 0 Å². The zero-order chi connectivity index (χ0) is 16.2. The van der Waals surface area contributed by atoms with Gasteiger partial charge in [-0.3, -0.25) is 4.68 Å². The highest BCUT2D eigenvalue weighted by molar-refractivity contribution is 7.90. The number of aryl methyl sites for hydroxylation is 2. The number of rotatable bonds is 2. The van der Waals surface area contributed by atoms with Crippen LogP contribution in [0.25, 0.3) is 21.9 Å². The van der Waals surface area contributed by atoms with Crippen LogP contribution in [-0.2, 0) is 17.1 Å². The summed E-state index contributed by atoms with van der Waals surface area (Å²) in [7, 11) is -1.87. The van der Waals surface area contributed by atoms with Gasteiger partial charge < -0.3 is 0 Å². The van der Waals surface area contributed by atoms with Gasteiger partial charge in [0.25, 0.3) is 10.0 Å². The van der Waals surface area contributed by atoms with Crippen LogP contribution in [0, 0.1) is 6.92 Å². The lowest BCUT2D eigenvalue weighted by atomic mass is 10.2. The van der Waals surface area contributed by atoms with Gasteiger partial charge in [0, 0.05) is 12.4 Å². The quantitative estimate of drug-likeness (QED) is 0.569. The summed E-state index contributed by atoms with van der Waals surface area (Å²) in [4.78, 5) is 0.273. The van der Waals surface area contributed by atoms with E-state index in [1.165, 1.54) is 3.97 Å². The Hall–Kier alpha value is -2.60. The third-order valence-electron chi connectivity index (χ3n) is 4.08. The van der Waals surface area contributed by atoms with Crippen LogP contribution in [0.15, 0.2) is 59.6 Å². The molecule has 4 aromatic rings. The molecule has 2 heterocycles. The van der Waals surface area contributed by atoms with E-state index in [4.69, 9.17) is 0 Å². The molecule has 0 spiro atoms. The molecule has 0 bridgehead atoms. The number of hydrogen-bond donors (Lipinski definition) is 0. The van der Waals surface area contributed by atoms with Gasteiger partial charge in [-0.15, -0.1) is 0 Å². The number of para-hydroxylation sites is 1. The SMILES string of the molecule is Cc1ccc(S(=O)(=O)n2c3ccccc3c3c2cnn3C)cc1. The topological polar surface area (TPSA) is 56.9 Å². The molecule has 2 aromatic carbocycles. The summed E-state index contributed by atoms with van der Waals surface area (Å²) in [5.41, 5.74) is 3.09. The van der Waals surface area contributed by atoms with Crippen molar-refractivity contribution in [3.63, 3.8) is 0 Å². The number of benzene rings is 2. The van der Waals surface area contributed by atoms with Gasteiger partial charge in [0.15, 0.2) is 0 Å². The van der Waals surface area contributed by atoms with E-state index in [-0.39, 0.29) is 4.90 Å². The Morgan fingerprint density at radius 1 is 0.957 bits per heavy atom. The molecule has 0 aliphatic rings. The molecule has 0 aliphatic heterocycles.